The fourth-order valence-electron chi connectivity index (χ4n) is 1.49. The van der Waals surface area contributed by atoms with Gasteiger partial charge in [0, 0.05) is 12.6 Å². The number of rotatable bonds is 5. The number of ether oxygens (including phenoxy) is 1. The van der Waals surface area contributed by atoms with Gasteiger partial charge in [0.05, 0.1) is 13.0 Å². The summed E-state index contributed by atoms with van der Waals surface area (Å²) in [5, 5.41) is 0. The third-order valence-corrected chi connectivity index (χ3v) is 2.51. The highest BCUT2D eigenvalue weighted by Crippen LogP contribution is 2.29. The van der Waals surface area contributed by atoms with Gasteiger partial charge in [-0.15, -0.1) is 0 Å². The molecule has 1 fully saturated rings. The minimum Gasteiger partial charge on any atom is -0.468 e. The Kier molecular flexibility index (Phi) is 4.08. The Morgan fingerprint density at radius 1 is 1.53 bits per heavy atom. The molecule has 86 valence electrons. The Morgan fingerprint density at radius 3 is 2.53 bits per heavy atom. The van der Waals surface area contributed by atoms with Crippen molar-refractivity contribution in [2.75, 3.05) is 20.2 Å². The first-order valence-electron chi connectivity index (χ1n) is 5.21. The molecule has 0 saturated heterocycles. The third kappa shape index (κ3) is 3.20. The van der Waals surface area contributed by atoms with Crippen molar-refractivity contribution in [1.29, 1.82) is 0 Å². The van der Waals surface area contributed by atoms with Gasteiger partial charge in [-0.2, -0.15) is 0 Å². The lowest BCUT2D eigenvalue weighted by atomic mass is 10.3. The van der Waals surface area contributed by atoms with Crippen LogP contribution in [-0.2, 0) is 14.3 Å². The molecule has 0 radical (unpaired) electrons. The summed E-state index contributed by atoms with van der Waals surface area (Å²) in [4.78, 5) is 24.4. The van der Waals surface area contributed by atoms with E-state index in [4.69, 9.17) is 5.73 Å². The second-order valence-electron chi connectivity index (χ2n) is 3.84. The van der Waals surface area contributed by atoms with Crippen LogP contribution < -0.4 is 5.73 Å². The fourth-order valence-corrected chi connectivity index (χ4v) is 1.49. The summed E-state index contributed by atoms with van der Waals surface area (Å²) in [7, 11) is 1.32. The summed E-state index contributed by atoms with van der Waals surface area (Å²) in [6.45, 7) is 2.58. The maximum absolute atomic E-state index is 11.8. The van der Waals surface area contributed by atoms with Crippen molar-refractivity contribution >= 4 is 11.9 Å². The minimum atomic E-state index is -0.383. The van der Waals surface area contributed by atoms with Crippen LogP contribution in [0.25, 0.3) is 0 Å². The average Bonchev–Trinajstić information content (AvgIpc) is 2.93. The third-order valence-electron chi connectivity index (χ3n) is 2.51. The summed E-state index contributed by atoms with van der Waals surface area (Å²) >= 11 is 0. The molecule has 1 amide bonds. The van der Waals surface area contributed by atoms with E-state index < -0.39 is 0 Å². The predicted octanol–water partition coefficient (Wildman–Crippen LogP) is -0.255. The van der Waals surface area contributed by atoms with E-state index in [1.807, 2.05) is 6.92 Å². The van der Waals surface area contributed by atoms with Crippen LogP contribution in [0.2, 0.25) is 0 Å². The Balaban J connectivity index is 2.49. The van der Waals surface area contributed by atoms with Crippen molar-refractivity contribution in [3.63, 3.8) is 0 Å². The van der Waals surface area contributed by atoms with Crippen molar-refractivity contribution in [3.8, 4) is 0 Å². The lowest BCUT2D eigenvalue weighted by molar-refractivity contribution is -0.147. The lowest BCUT2D eigenvalue weighted by Gasteiger charge is -2.20. The zero-order valence-electron chi connectivity index (χ0n) is 9.23. The Hall–Kier alpha value is -1.10. The largest absolute Gasteiger partial charge is 0.468 e. The molecule has 0 heterocycles. The summed E-state index contributed by atoms with van der Waals surface area (Å²) in [6, 6.07) is -0.0190. The van der Waals surface area contributed by atoms with Gasteiger partial charge < -0.3 is 15.4 Å². The van der Waals surface area contributed by atoms with Crippen molar-refractivity contribution in [1.82, 2.24) is 4.90 Å². The molecule has 5 nitrogen and oxygen atoms in total. The highest BCUT2D eigenvalue weighted by atomic mass is 16.5. The minimum absolute atomic E-state index is 0.0187. The molecule has 0 spiro atoms. The van der Waals surface area contributed by atoms with Gasteiger partial charge >= 0.3 is 5.97 Å². The summed E-state index contributed by atoms with van der Waals surface area (Å²) in [6.07, 6.45) is 1.56. The molecular formula is C10H18N2O3. The van der Waals surface area contributed by atoms with Gasteiger partial charge in [-0.1, -0.05) is 6.92 Å². The number of carbonyl (C=O) groups excluding carboxylic acids is 2. The number of hydrogen-bond acceptors (Lipinski definition) is 4. The first kappa shape index (κ1) is 12.0. The Morgan fingerprint density at radius 2 is 2.13 bits per heavy atom. The molecular weight excluding hydrogens is 196 g/mol. The van der Waals surface area contributed by atoms with Gasteiger partial charge in [-0.3, -0.25) is 9.59 Å². The van der Waals surface area contributed by atoms with Crippen LogP contribution in [0.15, 0.2) is 0 Å². The van der Waals surface area contributed by atoms with Gasteiger partial charge in [0.2, 0.25) is 5.91 Å². The first-order chi connectivity index (χ1) is 7.10. The van der Waals surface area contributed by atoms with Crippen LogP contribution in [0.4, 0.5) is 0 Å². The molecule has 1 aliphatic carbocycles. The average molecular weight is 214 g/mol. The van der Waals surface area contributed by atoms with Crippen molar-refractivity contribution < 1.29 is 14.3 Å². The molecule has 1 saturated carbocycles. The van der Waals surface area contributed by atoms with E-state index in [-0.39, 0.29) is 30.4 Å². The summed E-state index contributed by atoms with van der Waals surface area (Å²) < 4.78 is 4.54. The van der Waals surface area contributed by atoms with Crippen molar-refractivity contribution in [3.05, 3.63) is 0 Å². The second-order valence-corrected chi connectivity index (χ2v) is 3.84. The maximum atomic E-state index is 11.8. The molecule has 0 aromatic heterocycles. The number of nitrogens with two attached hydrogens (primary N) is 1. The van der Waals surface area contributed by atoms with E-state index in [0.717, 1.165) is 12.8 Å². The summed E-state index contributed by atoms with van der Waals surface area (Å²) in [5.74, 6) is -0.484. The topological polar surface area (TPSA) is 72.6 Å². The van der Waals surface area contributed by atoms with Crippen LogP contribution in [0.1, 0.15) is 19.8 Å². The number of esters is 1. The zero-order chi connectivity index (χ0) is 11.4. The quantitative estimate of drug-likeness (QED) is 0.640. The highest BCUT2D eigenvalue weighted by molar-refractivity contribution is 5.86. The Labute approximate surface area is 89.6 Å². The molecule has 2 unspecified atom stereocenters. The van der Waals surface area contributed by atoms with Crippen molar-refractivity contribution in [2.45, 2.75) is 25.8 Å². The van der Waals surface area contributed by atoms with Gasteiger partial charge in [0.1, 0.15) is 6.54 Å². The van der Waals surface area contributed by atoms with Gasteiger partial charge in [-0.05, 0) is 12.8 Å². The second kappa shape index (κ2) is 5.11. The van der Waals surface area contributed by atoms with Gasteiger partial charge in [0.15, 0.2) is 0 Å². The summed E-state index contributed by atoms with van der Waals surface area (Å²) in [5.41, 5.74) is 5.60. The normalized spacial score (nSPS) is 23.4. The van der Waals surface area contributed by atoms with E-state index in [9.17, 15) is 9.59 Å². The molecule has 1 aliphatic rings. The number of amides is 1. The molecule has 0 aliphatic heterocycles. The van der Waals surface area contributed by atoms with Crippen LogP contribution in [0, 0.1) is 5.92 Å². The van der Waals surface area contributed by atoms with Crippen LogP contribution in [0.5, 0.6) is 0 Å². The molecule has 0 aromatic rings. The standard InChI is InChI=1S/C10H18N2O3/c1-3-4-12(6-9(13)15-2)10(14)7-5-8(7)11/h7-8H,3-6,11H2,1-2H3. The van der Waals surface area contributed by atoms with E-state index in [1.165, 1.54) is 12.0 Å². The monoisotopic (exact) mass is 214 g/mol. The van der Waals surface area contributed by atoms with Crippen LogP contribution in [0.3, 0.4) is 0 Å². The van der Waals surface area contributed by atoms with Crippen LogP contribution in [-0.4, -0.2) is 43.0 Å². The molecule has 2 N–H and O–H groups in total. The number of carbonyl (C=O) groups is 2. The molecule has 15 heavy (non-hydrogen) atoms. The first-order valence-corrected chi connectivity index (χ1v) is 5.21. The Bertz CT molecular complexity index is 255. The smallest absolute Gasteiger partial charge is 0.325 e. The maximum Gasteiger partial charge on any atom is 0.325 e. The van der Waals surface area contributed by atoms with E-state index in [1.54, 1.807) is 0 Å². The SMILES string of the molecule is CCCN(CC(=O)OC)C(=O)C1CC1N. The lowest BCUT2D eigenvalue weighted by Crippen LogP contribution is -2.38. The molecule has 0 aromatic carbocycles. The van der Waals surface area contributed by atoms with Gasteiger partial charge in [0.25, 0.3) is 0 Å². The van der Waals surface area contributed by atoms with Crippen molar-refractivity contribution in [2.24, 2.45) is 11.7 Å². The fraction of sp³-hybridized carbons (Fsp3) is 0.800. The van der Waals surface area contributed by atoms with E-state index in [2.05, 4.69) is 4.74 Å². The highest BCUT2D eigenvalue weighted by Gasteiger charge is 2.42. The molecule has 0 bridgehead atoms. The number of nitrogens with zero attached hydrogens (tertiary/aromatic N) is 1. The molecule has 2 atom stereocenters. The molecule has 1 rings (SSSR count). The van der Waals surface area contributed by atoms with Crippen LogP contribution >= 0.6 is 0 Å². The predicted molar refractivity (Wildman–Crippen MR) is 55.0 cm³/mol. The van der Waals surface area contributed by atoms with E-state index in [0.29, 0.717) is 6.54 Å². The van der Waals surface area contributed by atoms with Gasteiger partial charge in [-0.25, -0.2) is 0 Å². The zero-order valence-corrected chi connectivity index (χ0v) is 9.23. The number of methoxy groups -OCH3 is 1. The molecule has 5 heteroatoms. The number of hydrogen-bond donors (Lipinski definition) is 1. The van der Waals surface area contributed by atoms with E-state index >= 15 is 0 Å².